The number of benzene rings is 2. The number of carbonyl (C=O) groups excluding carboxylic acids is 1. The van der Waals surface area contributed by atoms with E-state index in [1.54, 1.807) is 31.2 Å². The first kappa shape index (κ1) is 34.1. The molecule has 3 heterocycles. The number of aromatic amines is 1. The van der Waals surface area contributed by atoms with Gasteiger partial charge in [-0.05, 0) is 60.9 Å². The number of ether oxygens (including phenoxy) is 1. The molecule has 244 valence electrons. The predicted molar refractivity (Wildman–Crippen MR) is 160 cm³/mol. The molecule has 2 aromatic carbocycles. The van der Waals surface area contributed by atoms with Crippen LogP contribution < -0.4 is 15.2 Å². The lowest BCUT2D eigenvalue weighted by molar-refractivity contribution is -0.697. The van der Waals surface area contributed by atoms with Crippen LogP contribution >= 0.6 is 0 Å². The van der Waals surface area contributed by atoms with Crippen molar-refractivity contribution in [3.05, 3.63) is 117 Å². The lowest BCUT2D eigenvalue weighted by Crippen LogP contribution is -2.38. The van der Waals surface area contributed by atoms with Gasteiger partial charge in [-0.15, -0.1) is 5.10 Å². The summed E-state index contributed by atoms with van der Waals surface area (Å²) in [6.45, 7) is 1.78. The number of nitriles is 1. The highest BCUT2D eigenvalue weighted by molar-refractivity contribution is 5.93. The maximum atomic E-state index is 13.6. The van der Waals surface area contributed by atoms with Crippen LogP contribution in [0.4, 0.5) is 24.8 Å². The first-order valence-electron chi connectivity index (χ1n) is 14.1. The first-order valence-corrected chi connectivity index (χ1v) is 14.1. The van der Waals surface area contributed by atoms with Crippen LogP contribution in [0.3, 0.4) is 0 Å². The van der Waals surface area contributed by atoms with Gasteiger partial charge in [0.1, 0.15) is 12.6 Å². The van der Waals surface area contributed by atoms with Gasteiger partial charge in [-0.2, -0.15) is 18.4 Å². The molecule has 47 heavy (non-hydrogen) atoms. The number of aromatic nitrogens is 4. The molecule has 0 saturated carbocycles. The number of alkyl halides is 3. The second-order valence-corrected chi connectivity index (χ2v) is 10.3. The van der Waals surface area contributed by atoms with Gasteiger partial charge >= 0.3 is 17.8 Å². The topological polar surface area (TPSA) is 165 Å². The van der Waals surface area contributed by atoms with E-state index >= 15 is 0 Å². The smallest absolute Gasteiger partial charge is 0.416 e. The number of halogens is 3. The molecule has 1 atom stereocenters. The normalized spacial score (nSPS) is 14.1. The molecular weight excluding hydrogens is 621 g/mol. The van der Waals surface area contributed by atoms with Gasteiger partial charge in [0.25, 0.3) is 6.47 Å². The molecule has 0 fully saturated rings. The van der Waals surface area contributed by atoms with Gasteiger partial charge in [-0.3, -0.25) is 9.69 Å². The summed E-state index contributed by atoms with van der Waals surface area (Å²) in [7, 11) is 1.18. The predicted octanol–water partition coefficient (Wildman–Crippen LogP) is 3.76. The van der Waals surface area contributed by atoms with Gasteiger partial charge in [0.2, 0.25) is 5.95 Å². The minimum absolute atomic E-state index is 0.0174. The van der Waals surface area contributed by atoms with E-state index in [9.17, 15) is 33.1 Å². The molecule has 0 radical (unpaired) electrons. The number of aliphatic hydroxyl groups excluding tert-OH is 1. The number of pyridine rings is 1. The van der Waals surface area contributed by atoms with Gasteiger partial charge in [0.15, 0.2) is 12.4 Å². The molecule has 0 bridgehead atoms. The zero-order valence-electron chi connectivity index (χ0n) is 25.2. The van der Waals surface area contributed by atoms with Crippen LogP contribution in [-0.4, -0.2) is 44.5 Å². The maximum Gasteiger partial charge on any atom is 0.416 e. The van der Waals surface area contributed by atoms with Crippen LogP contribution in [0.1, 0.15) is 47.2 Å². The summed E-state index contributed by atoms with van der Waals surface area (Å²) in [5, 5.41) is 32.5. The van der Waals surface area contributed by atoms with E-state index in [0.29, 0.717) is 36.1 Å². The van der Waals surface area contributed by atoms with Crippen molar-refractivity contribution in [1.82, 2.24) is 14.8 Å². The number of aliphatic hydroxyl groups is 1. The van der Waals surface area contributed by atoms with Gasteiger partial charge in [0, 0.05) is 29.4 Å². The van der Waals surface area contributed by atoms with E-state index in [1.807, 2.05) is 23.0 Å². The average molecular weight is 652 g/mol. The molecule has 0 amide bonds. The Labute approximate surface area is 266 Å². The summed E-state index contributed by atoms with van der Waals surface area (Å²) in [6.07, 6.45) is 0.124. The highest BCUT2D eigenvalue weighted by atomic mass is 19.4. The SMILES string of the molecule is COC(=O)C1=C(C)N(c2cccc(C(F)(F)F)c2)c2n[nH]c(=O)n2[C@@H]1c1ccc(C#N)cc1CCC[n+]1cccc(CO)c1.O=CO. The molecule has 0 aliphatic carbocycles. The van der Waals surface area contributed by atoms with E-state index < -0.39 is 29.4 Å². The van der Waals surface area contributed by atoms with Crippen molar-refractivity contribution in [2.24, 2.45) is 0 Å². The Kier molecular flexibility index (Phi) is 10.6. The number of anilines is 2. The molecule has 2 aromatic heterocycles. The third kappa shape index (κ3) is 7.23. The fraction of sp³-hybridized carbons (Fsp3) is 0.250. The van der Waals surface area contributed by atoms with Gasteiger partial charge in [-0.1, -0.05) is 12.1 Å². The van der Waals surface area contributed by atoms with Crippen molar-refractivity contribution in [1.29, 1.82) is 5.26 Å². The fourth-order valence-corrected chi connectivity index (χ4v) is 5.50. The molecule has 15 heteroatoms. The number of H-pyrrole nitrogens is 1. The number of nitrogens with zero attached hydrogens (tertiary/aromatic N) is 5. The zero-order chi connectivity index (χ0) is 34.3. The number of esters is 1. The Hall–Kier alpha value is -5.75. The highest BCUT2D eigenvalue weighted by Crippen LogP contribution is 2.43. The van der Waals surface area contributed by atoms with Crippen molar-refractivity contribution >= 4 is 24.1 Å². The summed E-state index contributed by atoms with van der Waals surface area (Å²) in [4.78, 5) is 36.4. The maximum absolute atomic E-state index is 13.6. The Balaban J connectivity index is 0.00000160. The Bertz CT molecular complexity index is 1910. The molecule has 0 spiro atoms. The van der Waals surface area contributed by atoms with Crippen molar-refractivity contribution in [2.45, 2.75) is 45.1 Å². The van der Waals surface area contributed by atoms with Crippen molar-refractivity contribution in [3.63, 3.8) is 0 Å². The van der Waals surface area contributed by atoms with E-state index in [2.05, 4.69) is 16.3 Å². The number of nitrogens with one attached hydrogen (secondary N) is 1. The van der Waals surface area contributed by atoms with Crippen LogP contribution in [0.15, 0.2) is 83.1 Å². The number of aryl methyl sites for hydroxylation is 2. The summed E-state index contributed by atoms with van der Waals surface area (Å²) in [5.41, 5.74) is 1.03. The Morgan fingerprint density at radius 1 is 1.21 bits per heavy atom. The molecule has 5 rings (SSSR count). The second-order valence-electron chi connectivity index (χ2n) is 10.3. The number of allylic oxidation sites excluding steroid dienone is 1. The lowest BCUT2D eigenvalue weighted by atomic mass is 9.88. The quantitative estimate of drug-likeness (QED) is 0.146. The first-order chi connectivity index (χ1) is 22.5. The van der Waals surface area contributed by atoms with Crippen molar-refractivity contribution < 1.29 is 42.3 Å². The number of hydrogen-bond acceptors (Lipinski definition) is 8. The molecule has 12 nitrogen and oxygen atoms in total. The third-order valence-corrected chi connectivity index (χ3v) is 7.51. The van der Waals surface area contributed by atoms with Crippen LogP contribution in [0.2, 0.25) is 0 Å². The summed E-state index contributed by atoms with van der Waals surface area (Å²) < 4.78 is 49.1. The Morgan fingerprint density at radius 3 is 2.62 bits per heavy atom. The number of methoxy groups -OCH3 is 1. The minimum Gasteiger partial charge on any atom is -0.483 e. The number of rotatable bonds is 8. The van der Waals surface area contributed by atoms with E-state index in [4.69, 9.17) is 14.6 Å². The third-order valence-electron chi connectivity index (χ3n) is 7.51. The Morgan fingerprint density at radius 2 is 1.96 bits per heavy atom. The molecular formula is C32H30F3N6O6+. The summed E-state index contributed by atoms with van der Waals surface area (Å²) >= 11 is 0. The highest BCUT2D eigenvalue weighted by Gasteiger charge is 2.41. The zero-order valence-corrected chi connectivity index (χ0v) is 25.2. The van der Waals surface area contributed by atoms with E-state index in [1.165, 1.54) is 28.7 Å². The molecule has 0 saturated heterocycles. The van der Waals surface area contributed by atoms with Gasteiger partial charge in [0.05, 0.1) is 36.5 Å². The number of carboxylic acid groups (broad SMARTS) is 1. The summed E-state index contributed by atoms with van der Waals surface area (Å²) in [5.74, 6) is -0.800. The standard InChI is InChI=1S/C31H27F3N6O4.CH2O2/c1-19-26(28(42)44-2)27(40-29(36-37-30(40)43)39(19)24-9-3-8-23(15-24)31(32,33)34)25-11-10-20(16-35)14-22(25)7-5-13-38-12-4-6-21(17-38)18-41;2-1-3/h3-4,6,8-12,14-15,17,27,41H,5,7,13,18H2,1-2H3;1H,(H,2,3)/p+1/t27-;/m1./s1. The van der Waals surface area contributed by atoms with E-state index in [-0.39, 0.29) is 36.0 Å². The van der Waals surface area contributed by atoms with Gasteiger partial charge < -0.3 is 14.9 Å². The molecule has 3 N–H and O–H groups in total. The monoisotopic (exact) mass is 651 g/mol. The van der Waals surface area contributed by atoms with Crippen LogP contribution in [0.5, 0.6) is 0 Å². The van der Waals surface area contributed by atoms with Crippen molar-refractivity contribution in [3.8, 4) is 6.07 Å². The minimum atomic E-state index is -4.63. The number of fused-ring (bicyclic) bond motifs is 1. The van der Waals surface area contributed by atoms with Gasteiger partial charge in [-0.25, -0.2) is 23.8 Å². The van der Waals surface area contributed by atoms with Crippen LogP contribution in [0.25, 0.3) is 0 Å². The average Bonchev–Trinajstić information content (AvgIpc) is 3.44. The van der Waals surface area contributed by atoms with Crippen LogP contribution in [-0.2, 0) is 40.1 Å². The molecule has 4 aromatic rings. The van der Waals surface area contributed by atoms with E-state index in [0.717, 1.165) is 17.7 Å². The molecule has 0 unspecified atom stereocenters. The molecule has 1 aliphatic heterocycles. The number of hydrogen-bond donors (Lipinski definition) is 3. The van der Waals surface area contributed by atoms with Crippen molar-refractivity contribution in [2.75, 3.05) is 12.0 Å². The van der Waals surface area contributed by atoms with Crippen LogP contribution in [0, 0.1) is 11.3 Å². The lowest BCUT2D eigenvalue weighted by Gasteiger charge is -2.36. The second kappa shape index (κ2) is 14.6. The number of carbonyl (C=O) groups is 2. The summed E-state index contributed by atoms with van der Waals surface area (Å²) in [6, 6.07) is 14.1. The largest absolute Gasteiger partial charge is 0.483 e. The molecule has 1 aliphatic rings. The fourth-order valence-electron chi connectivity index (χ4n) is 5.50.